The van der Waals surface area contributed by atoms with Gasteiger partial charge in [-0.3, -0.25) is 4.90 Å². The topological polar surface area (TPSA) is 23.5 Å². The quantitative estimate of drug-likeness (QED) is 0.862. The van der Waals surface area contributed by atoms with Crippen molar-refractivity contribution in [2.24, 2.45) is 5.41 Å². The van der Waals surface area contributed by atoms with Crippen molar-refractivity contribution in [3.8, 4) is 0 Å². The predicted octanol–water partition coefficient (Wildman–Crippen LogP) is 3.71. The first-order valence-electron chi connectivity index (χ1n) is 6.59. The SMILES string of the molecule is CC(C)(C)CN(CCCO)Cc1c(F)cccc1Cl. The number of halogens is 2. The van der Waals surface area contributed by atoms with Gasteiger partial charge in [-0.25, -0.2) is 4.39 Å². The average molecular weight is 288 g/mol. The van der Waals surface area contributed by atoms with Crippen molar-refractivity contribution in [1.29, 1.82) is 0 Å². The van der Waals surface area contributed by atoms with E-state index in [4.69, 9.17) is 16.7 Å². The molecule has 4 heteroatoms. The zero-order valence-electron chi connectivity index (χ0n) is 11.9. The fraction of sp³-hybridized carbons (Fsp3) is 0.600. The highest BCUT2D eigenvalue weighted by molar-refractivity contribution is 6.31. The van der Waals surface area contributed by atoms with E-state index in [1.165, 1.54) is 6.07 Å². The largest absolute Gasteiger partial charge is 0.396 e. The van der Waals surface area contributed by atoms with Crippen LogP contribution in [-0.2, 0) is 6.54 Å². The summed E-state index contributed by atoms with van der Waals surface area (Å²) in [6.07, 6.45) is 0.683. The summed E-state index contributed by atoms with van der Waals surface area (Å²) in [5, 5.41) is 9.42. The van der Waals surface area contributed by atoms with Crippen molar-refractivity contribution in [3.63, 3.8) is 0 Å². The first-order valence-corrected chi connectivity index (χ1v) is 6.97. The van der Waals surface area contributed by atoms with Gasteiger partial charge >= 0.3 is 0 Å². The van der Waals surface area contributed by atoms with Gasteiger partial charge in [0.2, 0.25) is 0 Å². The van der Waals surface area contributed by atoms with Crippen molar-refractivity contribution in [2.45, 2.75) is 33.7 Å². The number of aliphatic hydroxyl groups excluding tert-OH is 1. The van der Waals surface area contributed by atoms with Crippen molar-refractivity contribution >= 4 is 11.6 Å². The minimum Gasteiger partial charge on any atom is -0.396 e. The third kappa shape index (κ3) is 5.89. The average Bonchev–Trinajstić information content (AvgIpc) is 2.29. The van der Waals surface area contributed by atoms with Gasteiger partial charge < -0.3 is 5.11 Å². The van der Waals surface area contributed by atoms with E-state index < -0.39 is 0 Å². The summed E-state index contributed by atoms with van der Waals surface area (Å²) in [6.45, 7) is 8.61. The van der Waals surface area contributed by atoms with E-state index in [1.54, 1.807) is 12.1 Å². The number of rotatable bonds is 6. The molecule has 19 heavy (non-hydrogen) atoms. The Morgan fingerprint density at radius 1 is 1.32 bits per heavy atom. The summed E-state index contributed by atoms with van der Waals surface area (Å²) in [4.78, 5) is 2.14. The molecule has 0 spiro atoms. The minimum atomic E-state index is -0.268. The van der Waals surface area contributed by atoms with Gasteiger partial charge in [-0.05, 0) is 24.0 Å². The Morgan fingerprint density at radius 2 is 2.00 bits per heavy atom. The molecular weight excluding hydrogens is 265 g/mol. The van der Waals surface area contributed by atoms with Crippen molar-refractivity contribution in [1.82, 2.24) is 4.90 Å². The van der Waals surface area contributed by atoms with Crippen molar-refractivity contribution in [3.05, 3.63) is 34.6 Å². The second-order valence-electron chi connectivity index (χ2n) is 6.05. The molecule has 0 aliphatic carbocycles. The first kappa shape index (κ1) is 16.4. The Balaban J connectivity index is 2.81. The fourth-order valence-electron chi connectivity index (χ4n) is 2.09. The molecule has 0 bridgehead atoms. The minimum absolute atomic E-state index is 0.118. The lowest BCUT2D eigenvalue weighted by atomic mass is 9.95. The van der Waals surface area contributed by atoms with Crippen molar-refractivity contribution in [2.75, 3.05) is 19.7 Å². The molecule has 0 aliphatic rings. The lowest BCUT2D eigenvalue weighted by Gasteiger charge is -2.30. The lowest BCUT2D eigenvalue weighted by molar-refractivity contribution is 0.164. The maximum absolute atomic E-state index is 13.8. The summed E-state index contributed by atoms with van der Waals surface area (Å²) in [6, 6.07) is 4.76. The lowest BCUT2D eigenvalue weighted by Crippen LogP contribution is -2.33. The summed E-state index contributed by atoms with van der Waals surface area (Å²) in [5.74, 6) is -0.268. The molecule has 0 saturated heterocycles. The Bertz CT molecular complexity index is 383. The van der Waals surface area contributed by atoms with Gasteiger partial charge in [0.15, 0.2) is 0 Å². The second-order valence-corrected chi connectivity index (χ2v) is 6.46. The van der Waals surface area contributed by atoms with Crippen LogP contribution < -0.4 is 0 Å². The second kappa shape index (κ2) is 7.22. The van der Waals surface area contributed by atoms with E-state index in [0.717, 1.165) is 13.1 Å². The molecule has 0 amide bonds. The molecule has 1 N–H and O–H groups in total. The number of nitrogens with zero attached hydrogens (tertiary/aromatic N) is 1. The summed E-state index contributed by atoms with van der Waals surface area (Å²) in [7, 11) is 0. The van der Waals surface area contributed by atoms with Gasteiger partial charge in [-0.15, -0.1) is 0 Å². The van der Waals surface area contributed by atoms with Crippen LogP contribution in [0.3, 0.4) is 0 Å². The maximum Gasteiger partial charge on any atom is 0.129 e. The molecule has 0 aliphatic heterocycles. The number of hydrogen-bond donors (Lipinski definition) is 1. The van der Waals surface area contributed by atoms with Gasteiger partial charge in [0.1, 0.15) is 5.82 Å². The van der Waals surface area contributed by atoms with Crippen LogP contribution in [0.1, 0.15) is 32.8 Å². The van der Waals surface area contributed by atoms with Crippen LogP contribution in [-0.4, -0.2) is 29.7 Å². The van der Waals surface area contributed by atoms with Crippen LogP contribution in [0, 0.1) is 11.2 Å². The molecule has 1 aromatic rings. The normalized spacial score (nSPS) is 12.2. The van der Waals surface area contributed by atoms with E-state index in [9.17, 15) is 4.39 Å². The van der Waals surface area contributed by atoms with Crippen LogP contribution >= 0.6 is 11.6 Å². The molecule has 0 radical (unpaired) electrons. The van der Waals surface area contributed by atoms with E-state index in [1.807, 2.05) is 0 Å². The number of hydrogen-bond acceptors (Lipinski definition) is 2. The Morgan fingerprint density at radius 3 is 2.53 bits per heavy atom. The third-order valence-electron chi connectivity index (χ3n) is 2.77. The van der Waals surface area contributed by atoms with Gasteiger partial charge in [0.25, 0.3) is 0 Å². The van der Waals surface area contributed by atoms with Gasteiger partial charge in [-0.2, -0.15) is 0 Å². The molecule has 0 unspecified atom stereocenters. The Hall–Kier alpha value is -0.640. The zero-order valence-corrected chi connectivity index (χ0v) is 12.7. The Kier molecular flexibility index (Phi) is 6.24. The summed E-state index contributed by atoms with van der Waals surface area (Å²) < 4.78 is 13.8. The fourth-order valence-corrected chi connectivity index (χ4v) is 2.31. The molecule has 2 nitrogen and oxygen atoms in total. The molecule has 0 heterocycles. The summed E-state index contributed by atoms with van der Waals surface area (Å²) >= 11 is 6.06. The molecule has 0 aromatic heterocycles. The molecular formula is C15H23ClFNO. The highest BCUT2D eigenvalue weighted by Crippen LogP contribution is 2.23. The van der Waals surface area contributed by atoms with E-state index >= 15 is 0 Å². The van der Waals surface area contributed by atoms with E-state index in [-0.39, 0.29) is 17.8 Å². The van der Waals surface area contributed by atoms with Crippen LogP contribution in [0.4, 0.5) is 4.39 Å². The Labute approximate surface area is 120 Å². The molecule has 0 saturated carbocycles. The van der Waals surface area contributed by atoms with Crippen LogP contribution in [0.25, 0.3) is 0 Å². The highest BCUT2D eigenvalue weighted by atomic mass is 35.5. The maximum atomic E-state index is 13.8. The molecule has 0 atom stereocenters. The molecule has 1 rings (SSSR count). The van der Waals surface area contributed by atoms with Gasteiger partial charge in [-0.1, -0.05) is 38.4 Å². The number of aliphatic hydroxyl groups is 1. The monoisotopic (exact) mass is 287 g/mol. The van der Waals surface area contributed by atoms with Crippen LogP contribution in [0.2, 0.25) is 5.02 Å². The van der Waals surface area contributed by atoms with Crippen LogP contribution in [0.15, 0.2) is 18.2 Å². The standard InChI is InChI=1S/C15H23ClFNO/c1-15(2,3)11-18(8-5-9-19)10-12-13(16)6-4-7-14(12)17/h4,6-7,19H,5,8-11H2,1-3H3. The van der Waals surface area contributed by atoms with Crippen molar-refractivity contribution < 1.29 is 9.50 Å². The highest BCUT2D eigenvalue weighted by Gasteiger charge is 2.18. The van der Waals surface area contributed by atoms with Gasteiger partial charge in [0, 0.05) is 36.8 Å². The molecule has 0 fully saturated rings. The predicted molar refractivity (Wildman–Crippen MR) is 77.8 cm³/mol. The first-order chi connectivity index (χ1) is 8.83. The van der Waals surface area contributed by atoms with E-state index in [0.29, 0.717) is 23.6 Å². The smallest absolute Gasteiger partial charge is 0.129 e. The third-order valence-corrected chi connectivity index (χ3v) is 3.13. The van der Waals surface area contributed by atoms with Crippen LogP contribution in [0.5, 0.6) is 0 Å². The van der Waals surface area contributed by atoms with Gasteiger partial charge in [0.05, 0.1) is 0 Å². The number of benzene rings is 1. The summed E-state index contributed by atoms with van der Waals surface area (Å²) in [5.41, 5.74) is 0.652. The molecule has 1 aromatic carbocycles. The molecule has 108 valence electrons. The van der Waals surface area contributed by atoms with E-state index in [2.05, 4.69) is 25.7 Å². The zero-order chi connectivity index (χ0) is 14.5.